The third-order valence-electron chi connectivity index (χ3n) is 12.0. The lowest BCUT2D eigenvalue weighted by molar-refractivity contribution is 0.761. The molecule has 1 atom stereocenters. The Bertz CT molecular complexity index is 2860. The van der Waals surface area contributed by atoms with Crippen molar-refractivity contribution in [3.63, 3.8) is 0 Å². The van der Waals surface area contributed by atoms with Crippen LogP contribution in [0.1, 0.15) is 24.5 Å². The van der Waals surface area contributed by atoms with Crippen LogP contribution in [0.25, 0.3) is 77.9 Å². The summed E-state index contributed by atoms with van der Waals surface area (Å²) in [4.78, 5) is 2.39. The molecule has 0 aromatic heterocycles. The molecule has 6 bridgehead atoms. The van der Waals surface area contributed by atoms with E-state index in [-0.39, 0.29) is 0 Å². The van der Waals surface area contributed by atoms with Gasteiger partial charge in [0.1, 0.15) is 0 Å². The summed E-state index contributed by atoms with van der Waals surface area (Å²) in [5.41, 5.74) is 24.3. The van der Waals surface area contributed by atoms with Gasteiger partial charge >= 0.3 is 0 Å². The fourth-order valence-corrected chi connectivity index (χ4v) is 9.43. The quantitative estimate of drug-likeness (QED) is 0.166. The summed E-state index contributed by atoms with van der Waals surface area (Å²) in [7, 11) is 0. The molecule has 0 spiro atoms. The molecular weight excluding hydrogens is 675 g/mol. The van der Waals surface area contributed by atoms with Gasteiger partial charge in [0.05, 0.1) is 5.69 Å². The van der Waals surface area contributed by atoms with E-state index in [2.05, 4.69) is 212 Å². The van der Waals surface area contributed by atoms with Gasteiger partial charge in [0, 0.05) is 16.9 Å². The summed E-state index contributed by atoms with van der Waals surface area (Å²) in [6.07, 6.45) is 5.83. The molecular formula is C55H39N. The maximum absolute atomic E-state index is 2.45. The monoisotopic (exact) mass is 713 g/mol. The molecule has 0 saturated carbocycles. The molecule has 56 heavy (non-hydrogen) atoms. The summed E-state index contributed by atoms with van der Waals surface area (Å²) in [5.74, 6) is 0.463. The summed E-state index contributed by atoms with van der Waals surface area (Å²) in [5, 5.41) is 0. The SMILES string of the molecule is CC1CC=CC2=C1c1cccc3c1-c1cc(-c4ccc(N(c5ccc(-c6ccccc6)cc5)c5ccccc5-c5ccccc5)cc4)ccc1-c1cccc-3c12. The first-order valence-electron chi connectivity index (χ1n) is 19.7. The van der Waals surface area contributed by atoms with Gasteiger partial charge in [-0.1, -0.05) is 171 Å². The Labute approximate surface area is 329 Å². The number of benzene rings is 8. The van der Waals surface area contributed by atoms with Gasteiger partial charge in [-0.15, -0.1) is 0 Å². The van der Waals surface area contributed by atoms with Gasteiger partial charge in [0.15, 0.2) is 0 Å². The number of para-hydroxylation sites is 1. The van der Waals surface area contributed by atoms with Crippen LogP contribution in [0.3, 0.4) is 0 Å². The summed E-state index contributed by atoms with van der Waals surface area (Å²) in [6.45, 7) is 2.39. The van der Waals surface area contributed by atoms with Crippen LogP contribution in [-0.2, 0) is 0 Å². The number of nitrogens with zero attached hydrogens (tertiary/aromatic N) is 1. The van der Waals surface area contributed by atoms with E-state index >= 15 is 0 Å². The minimum absolute atomic E-state index is 0.463. The van der Waals surface area contributed by atoms with E-state index in [1.165, 1.54) is 89.0 Å². The molecule has 1 heteroatoms. The third-order valence-corrected chi connectivity index (χ3v) is 12.0. The normalized spacial score (nSPS) is 14.5. The molecule has 11 rings (SSSR count). The van der Waals surface area contributed by atoms with Gasteiger partial charge in [0.2, 0.25) is 0 Å². The minimum atomic E-state index is 0.463. The second-order valence-electron chi connectivity index (χ2n) is 15.3. The van der Waals surface area contributed by atoms with Crippen molar-refractivity contribution in [2.24, 2.45) is 5.92 Å². The molecule has 3 aliphatic rings. The molecule has 0 heterocycles. The highest BCUT2D eigenvalue weighted by Gasteiger charge is 2.34. The smallest absolute Gasteiger partial charge is 0.0540 e. The lowest BCUT2D eigenvalue weighted by Gasteiger charge is -2.28. The van der Waals surface area contributed by atoms with Gasteiger partial charge in [-0.3, -0.25) is 0 Å². The Morgan fingerprint density at radius 3 is 1.61 bits per heavy atom. The predicted octanol–water partition coefficient (Wildman–Crippen LogP) is 15.3. The highest BCUT2D eigenvalue weighted by atomic mass is 15.1. The number of anilines is 3. The van der Waals surface area contributed by atoms with Crippen molar-refractivity contribution in [1.82, 2.24) is 0 Å². The molecule has 0 fully saturated rings. The lowest BCUT2D eigenvalue weighted by atomic mass is 9.76. The van der Waals surface area contributed by atoms with Crippen molar-refractivity contribution in [3.8, 4) is 66.8 Å². The van der Waals surface area contributed by atoms with Crippen molar-refractivity contribution in [3.05, 3.63) is 211 Å². The van der Waals surface area contributed by atoms with E-state index < -0.39 is 0 Å². The van der Waals surface area contributed by atoms with Gasteiger partial charge in [0.25, 0.3) is 0 Å². The van der Waals surface area contributed by atoms with Gasteiger partial charge < -0.3 is 4.90 Å². The Morgan fingerprint density at radius 1 is 0.393 bits per heavy atom. The second-order valence-corrected chi connectivity index (χ2v) is 15.3. The first kappa shape index (κ1) is 32.5. The third kappa shape index (κ3) is 5.16. The Kier molecular flexibility index (Phi) is 7.60. The topological polar surface area (TPSA) is 3.24 Å². The van der Waals surface area contributed by atoms with E-state index in [0.29, 0.717) is 5.92 Å². The summed E-state index contributed by atoms with van der Waals surface area (Å²) >= 11 is 0. The Morgan fingerprint density at radius 2 is 0.911 bits per heavy atom. The Hall–Kier alpha value is -6.96. The van der Waals surface area contributed by atoms with Crippen molar-refractivity contribution in [1.29, 1.82) is 0 Å². The molecule has 264 valence electrons. The average Bonchev–Trinajstić information content (AvgIpc) is 3.37. The summed E-state index contributed by atoms with van der Waals surface area (Å²) in [6, 6.07) is 69.1. The largest absolute Gasteiger partial charge is 0.310 e. The van der Waals surface area contributed by atoms with Gasteiger partial charge in [-0.25, -0.2) is 0 Å². The van der Waals surface area contributed by atoms with E-state index in [1.807, 2.05) is 0 Å². The van der Waals surface area contributed by atoms with E-state index in [4.69, 9.17) is 0 Å². The Balaban J connectivity index is 1.04. The second kappa shape index (κ2) is 13.1. The van der Waals surface area contributed by atoms with Crippen molar-refractivity contribution in [2.75, 3.05) is 4.90 Å². The first-order chi connectivity index (χ1) is 27.7. The molecule has 1 unspecified atom stereocenters. The summed E-state index contributed by atoms with van der Waals surface area (Å²) < 4.78 is 0. The molecule has 0 aliphatic heterocycles. The molecule has 8 aromatic carbocycles. The van der Waals surface area contributed by atoms with E-state index in [0.717, 1.165) is 23.5 Å². The zero-order chi connectivity index (χ0) is 37.2. The fraction of sp³-hybridized carbons (Fsp3) is 0.0545. The molecule has 8 aromatic rings. The molecule has 0 saturated heterocycles. The lowest BCUT2D eigenvalue weighted by Crippen LogP contribution is -2.11. The van der Waals surface area contributed by atoms with Gasteiger partial charge in [-0.05, 0) is 132 Å². The number of hydrogen-bond acceptors (Lipinski definition) is 1. The molecule has 3 aliphatic carbocycles. The number of fused-ring (bicyclic) bond motifs is 3. The van der Waals surface area contributed by atoms with Crippen molar-refractivity contribution in [2.45, 2.75) is 13.3 Å². The highest BCUT2D eigenvalue weighted by Crippen LogP contribution is 2.57. The van der Waals surface area contributed by atoms with Crippen LogP contribution in [0.2, 0.25) is 0 Å². The standard InChI is InChI=1S/C55H39N/c1-36-13-10-22-49-53(36)50-23-12-21-48-47-20-11-19-46(54(47)49)45-34-29-41(35-51(45)55(48)50)39-27-32-43(33-28-39)56(42-30-25-38(26-31-42)37-14-4-2-5-15-37)52-24-9-8-18-44(52)40-16-6-3-7-17-40/h2-12,14-36H,13H2,1H3. The van der Waals surface area contributed by atoms with Crippen LogP contribution in [0.5, 0.6) is 0 Å². The highest BCUT2D eigenvalue weighted by molar-refractivity contribution is 6.16. The van der Waals surface area contributed by atoms with E-state index in [1.54, 1.807) is 0 Å². The maximum Gasteiger partial charge on any atom is 0.0540 e. The van der Waals surface area contributed by atoms with Crippen LogP contribution in [0.15, 0.2) is 200 Å². The van der Waals surface area contributed by atoms with Crippen LogP contribution < -0.4 is 4.90 Å². The zero-order valence-electron chi connectivity index (χ0n) is 31.3. The van der Waals surface area contributed by atoms with Crippen LogP contribution in [0, 0.1) is 5.92 Å². The number of rotatable bonds is 6. The van der Waals surface area contributed by atoms with Crippen molar-refractivity contribution >= 4 is 28.2 Å². The van der Waals surface area contributed by atoms with Crippen molar-refractivity contribution < 1.29 is 0 Å². The predicted molar refractivity (Wildman–Crippen MR) is 237 cm³/mol. The molecule has 0 N–H and O–H groups in total. The maximum atomic E-state index is 2.45. The molecule has 0 radical (unpaired) electrons. The fourth-order valence-electron chi connectivity index (χ4n) is 9.43. The minimum Gasteiger partial charge on any atom is -0.310 e. The van der Waals surface area contributed by atoms with Crippen LogP contribution in [-0.4, -0.2) is 0 Å². The average molecular weight is 714 g/mol. The molecule has 1 nitrogen and oxygen atoms in total. The zero-order valence-corrected chi connectivity index (χ0v) is 31.3. The number of allylic oxidation sites excluding steroid dienone is 4. The first-order valence-corrected chi connectivity index (χ1v) is 19.7. The molecule has 0 amide bonds. The van der Waals surface area contributed by atoms with Crippen LogP contribution >= 0.6 is 0 Å². The van der Waals surface area contributed by atoms with E-state index in [9.17, 15) is 0 Å². The van der Waals surface area contributed by atoms with Crippen LogP contribution in [0.4, 0.5) is 17.1 Å². The van der Waals surface area contributed by atoms with Gasteiger partial charge in [-0.2, -0.15) is 0 Å². The number of hydrogen-bond donors (Lipinski definition) is 0.